The molecule has 1 aliphatic rings. The molecule has 2 aromatic carbocycles. The van der Waals surface area contributed by atoms with Crippen molar-refractivity contribution < 1.29 is 5.11 Å². The number of aliphatic hydroxyl groups is 1. The van der Waals surface area contributed by atoms with Gasteiger partial charge in [-0.25, -0.2) is 0 Å². The predicted molar refractivity (Wildman–Crippen MR) is 91.8 cm³/mol. The Morgan fingerprint density at radius 3 is 2.50 bits per heavy atom. The average molecular weight is 333 g/mol. The molecule has 0 spiro atoms. The molecule has 1 unspecified atom stereocenters. The van der Waals surface area contributed by atoms with Gasteiger partial charge >= 0.3 is 0 Å². The van der Waals surface area contributed by atoms with Gasteiger partial charge in [0, 0.05) is 39.3 Å². The van der Waals surface area contributed by atoms with Crippen molar-refractivity contribution in [3.8, 4) is 0 Å². The van der Waals surface area contributed by atoms with Crippen LogP contribution in [0.25, 0.3) is 0 Å². The van der Waals surface area contributed by atoms with Gasteiger partial charge in [-0.3, -0.25) is 4.99 Å². The lowest BCUT2D eigenvalue weighted by molar-refractivity contribution is 0.222. The van der Waals surface area contributed by atoms with Gasteiger partial charge in [-0.2, -0.15) is 0 Å². The summed E-state index contributed by atoms with van der Waals surface area (Å²) in [5.74, 6) is 0. The molecule has 112 valence electrons. The molecular formula is C17H14Cl2N2O. The van der Waals surface area contributed by atoms with Crippen LogP contribution in [0.5, 0.6) is 0 Å². The zero-order valence-electron chi connectivity index (χ0n) is 11.7. The van der Waals surface area contributed by atoms with Gasteiger partial charge in [0.05, 0.1) is 0 Å². The Kier molecular flexibility index (Phi) is 4.48. The zero-order valence-corrected chi connectivity index (χ0v) is 13.2. The number of anilines is 1. The van der Waals surface area contributed by atoms with Gasteiger partial charge in [-0.15, -0.1) is 0 Å². The third-order valence-corrected chi connectivity index (χ3v) is 4.05. The Morgan fingerprint density at radius 1 is 1.05 bits per heavy atom. The van der Waals surface area contributed by atoms with Crippen LogP contribution >= 0.6 is 23.2 Å². The number of benzene rings is 2. The molecule has 0 fully saturated rings. The Labute approximate surface area is 139 Å². The molecule has 0 bridgehead atoms. The van der Waals surface area contributed by atoms with Crippen molar-refractivity contribution in [1.29, 1.82) is 0 Å². The molecule has 1 atom stereocenters. The smallest absolute Gasteiger partial charge is 0.114 e. The molecular weight excluding hydrogens is 319 g/mol. The third-order valence-electron chi connectivity index (χ3n) is 3.45. The lowest BCUT2D eigenvalue weighted by Crippen LogP contribution is -2.22. The summed E-state index contributed by atoms with van der Waals surface area (Å²) in [6.07, 6.45) is 2.75. The molecule has 5 heteroatoms. The predicted octanol–water partition coefficient (Wildman–Crippen LogP) is 4.46. The van der Waals surface area contributed by atoms with Crippen molar-refractivity contribution in [1.82, 2.24) is 0 Å². The highest BCUT2D eigenvalue weighted by atomic mass is 35.5. The van der Waals surface area contributed by atoms with Crippen LogP contribution in [0.1, 0.15) is 11.7 Å². The lowest BCUT2D eigenvalue weighted by Gasteiger charge is -2.25. The van der Waals surface area contributed by atoms with E-state index in [4.69, 9.17) is 23.2 Å². The number of halogens is 2. The maximum absolute atomic E-state index is 10.5. The molecule has 3 nitrogen and oxygen atoms in total. The van der Waals surface area contributed by atoms with Crippen molar-refractivity contribution in [3.63, 3.8) is 0 Å². The Bertz CT molecular complexity index is 726. The van der Waals surface area contributed by atoms with Crippen LogP contribution in [0.15, 0.2) is 65.3 Å². The molecule has 22 heavy (non-hydrogen) atoms. The molecule has 1 heterocycles. The molecule has 0 saturated carbocycles. The summed E-state index contributed by atoms with van der Waals surface area (Å²) < 4.78 is 0. The van der Waals surface area contributed by atoms with E-state index < -0.39 is 6.10 Å². The van der Waals surface area contributed by atoms with Crippen LogP contribution in [-0.4, -0.2) is 18.0 Å². The van der Waals surface area contributed by atoms with E-state index in [9.17, 15) is 5.11 Å². The van der Waals surface area contributed by atoms with Crippen molar-refractivity contribution in [3.05, 3.63) is 75.9 Å². The van der Waals surface area contributed by atoms with E-state index in [0.29, 0.717) is 27.9 Å². The fourth-order valence-corrected chi connectivity index (χ4v) is 2.66. The SMILES string of the molecule is OC(C1=CN(c2ccc(Cl)cc2)CN=C1)c1ccccc1Cl. The molecule has 3 rings (SSSR count). The van der Waals surface area contributed by atoms with Gasteiger partial charge in [0.15, 0.2) is 0 Å². The molecule has 1 aliphatic heterocycles. The highest BCUT2D eigenvalue weighted by Crippen LogP contribution is 2.29. The summed E-state index contributed by atoms with van der Waals surface area (Å²) in [7, 11) is 0. The van der Waals surface area contributed by atoms with E-state index >= 15 is 0 Å². The van der Waals surface area contributed by atoms with Crippen LogP contribution in [0.2, 0.25) is 10.0 Å². The van der Waals surface area contributed by atoms with Gasteiger partial charge in [0.25, 0.3) is 0 Å². The first kappa shape index (κ1) is 15.1. The fraction of sp³-hybridized carbons (Fsp3) is 0.118. The molecule has 1 N–H and O–H groups in total. The Balaban J connectivity index is 1.88. The maximum Gasteiger partial charge on any atom is 0.114 e. The summed E-state index contributed by atoms with van der Waals surface area (Å²) in [4.78, 5) is 6.26. The first-order valence-electron chi connectivity index (χ1n) is 6.81. The van der Waals surface area contributed by atoms with E-state index in [1.54, 1.807) is 12.3 Å². The van der Waals surface area contributed by atoms with Gasteiger partial charge in [0.1, 0.15) is 12.8 Å². The molecule has 0 saturated heterocycles. The number of rotatable bonds is 3. The number of nitrogens with zero attached hydrogens (tertiary/aromatic N) is 2. The van der Waals surface area contributed by atoms with Crippen molar-refractivity contribution in [2.24, 2.45) is 4.99 Å². The van der Waals surface area contributed by atoms with Crippen LogP contribution in [0.4, 0.5) is 5.69 Å². The van der Waals surface area contributed by atoms with Gasteiger partial charge in [-0.05, 0) is 30.3 Å². The molecule has 0 radical (unpaired) electrons. The largest absolute Gasteiger partial charge is 0.383 e. The number of aliphatic hydroxyl groups excluding tert-OH is 1. The lowest BCUT2D eigenvalue weighted by atomic mass is 10.0. The second kappa shape index (κ2) is 6.53. The Hall–Kier alpha value is -1.81. The van der Waals surface area contributed by atoms with Crippen LogP contribution in [0.3, 0.4) is 0 Å². The van der Waals surface area contributed by atoms with Crippen molar-refractivity contribution >= 4 is 35.1 Å². The first-order valence-corrected chi connectivity index (χ1v) is 7.57. The monoisotopic (exact) mass is 332 g/mol. The fourth-order valence-electron chi connectivity index (χ4n) is 2.29. The summed E-state index contributed by atoms with van der Waals surface area (Å²) in [5.41, 5.74) is 2.32. The van der Waals surface area contributed by atoms with E-state index in [0.717, 1.165) is 5.69 Å². The number of aliphatic imine (C=N–C) groups is 1. The second-order valence-electron chi connectivity index (χ2n) is 4.95. The minimum absolute atomic E-state index is 0.500. The highest BCUT2D eigenvalue weighted by molar-refractivity contribution is 6.31. The van der Waals surface area contributed by atoms with Gasteiger partial charge in [0.2, 0.25) is 0 Å². The summed E-state index contributed by atoms with van der Waals surface area (Å²) in [6.45, 7) is 0.500. The van der Waals surface area contributed by atoms with Crippen LogP contribution < -0.4 is 4.90 Å². The van der Waals surface area contributed by atoms with Crippen LogP contribution in [-0.2, 0) is 0 Å². The summed E-state index contributed by atoms with van der Waals surface area (Å²) in [5, 5.41) is 11.8. The van der Waals surface area contributed by atoms with Crippen molar-refractivity contribution in [2.75, 3.05) is 11.6 Å². The van der Waals surface area contributed by atoms with E-state index in [1.165, 1.54) is 0 Å². The normalized spacial score (nSPS) is 15.6. The first-order chi connectivity index (χ1) is 10.6. The minimum Gasteiger partial charge on any atom is -0.383 e. The number of hydrogen-bond donors (Lipinski definition) is 1. The number of hydrogen-bond acceptors (Lipinski definition) is 3. The molecule has 0 amide bonds. The summed E-state index contributed by atoms with van der Waals surface area (Å²) >= 11 is 12.1. The molecule has 2 aromatic rings. The average Bonchev–Trinajstić information content (AvgIpc) is 2.55. The third kappa shape index (κ3) is 3.17. The van der Waals surface area contributed by atoms with E-state index in [-0.39, 0.29) is 0 Å². The van der Waals surface area contributed by atoms with Crippen molar-refractivity contribution in [2.45, 2.75) is 6.10 Å². The Morgan fingerprint density at radius 2 is 1.77 bits per heavy atom. The van der Waals surface area contributed by atoms with E-state index in [1.807, 2.05) is 53.6 Å². The standard InChI is InChI=1S/C17H14Cl2N2O/c18-13-5-7-14(8-6-13)21-10-12(9-20-11-21)17(22)15-3-1-2-4-16(15)19/h1-10,17,22H,11H2. The minimum atomic E-state index is -0.812. The zero-order chi connectivity index (χ0) is 15.5. The van der Waals surface area contributed by atoms with Gasteiger partial charge in [-0.1, -0.05) is 41.4 Å². The van der Waals surface area contributed by atoms with E-state index in [2.05, 4.69) is 4.99 Å². The summed E-state index contributed by atoms with van der Waals surface area (Å²) in [6, 6.07) is 14.7. The maximum atomic E-state index is 10.5. The highest BCUT2D eigenvalue weighted by Gasteiger charge is 2.18. The van der Waals surface area contributed by atoms with Crippen LogP contribution in [0, 0.1) is 0 Å². The quantitative estimate of drug-likeness (QED) is 0.900. The molecule has 0 aromatic heterocycles. The topological polar surface area (TPSA) is 35.8 Å². The second-order valence-corrected chi connectivity index (χ2v) is 5.80. The molecule has 0 aliphatic carbocycles. The van der Waals surface area contributed by atoms with Gasteiger partial charge < -0.3 is 10.0 Å².